The van der Waals surface area contributed by atoms with Crippen molar-refractivity contribution in [2.75, 3.05) is 7.05 Å². The van der Waals surface area contributed by atoms with Crippen LogP contribution in [0.25, 0.3) is 0 Å². The van der Waals surface area contributed by atoms with Gasteiger partial charge in [-0.2, -0.15) is 0 Å². The third kappa shape index (κ3) is 2.46. The van der Waals surface area contributed by atoms with Gasteiger partial charge in [-0.1, -0.05) is 11.3 Å². The SMILES string of the molecule is CNC1CCc2cc(OCc3cn(C)nn3)ccc21. The molecule has 3 rings (SSSR count). The van der Waals surface area contributed by atoms with Crippen LogP contribution in [0.5, 0.6) is 5.75 Å². The zero-order valence-corrected chi connectivity index (χ0v) is 11.3. The van der Waals surface area contributed by atoms with Gasteiger partial charge in [0, 0.05) is 13.1 Å². The molecule has 19 heavy (non-hydrogen) atoms. The van der Waals surface area contributed by atoms with Gasteiger partial charge in [-0.05, 0) is 43.1 Å². The summed E-state index contributed by atoms with van der Waals surface area (Å²) in [5.74, 6) is 0.904. The Labute approximate surface area is 112 Å². The highest BCUT2D eigenvalue weighted by Gasteiger charge is 2.21. The van der Waals surface area contributed by atoms with Crippen molar-refractivity contribution in [1.82, 2.24) is 20.3 Å². The number of aryl methyl sites for hydroxylation is 2. The predicted molar refractivity (Wildman–Crippen MR) is 71.9 cm³/mol. The Morgan fingerprint density at radius 3 is 3.11 bits per heavy atom. The van der Waals surface area contributed by atoms with Crippen LogP contribution in [0.2, 0.25) is 0 Å². The molecule has 1 aromatic heterocycles. The Bertz CT molecular complexity index is 579. The van der Waals surface area contributed by atoms with Crippen LogP contribution in [-0.4, -0.2) is 22.0 Å². The highest BCUT2D eigenvalue weighted by atomic mass is 16.5. The summed E-state index contributed by atoms with van der Waals surface area (Å²) >= 11 is 0. The number of hydrogen-bond acceptors (Lipinski definition) is 4. The molecule has 1 heterocycles. The van der Waals surface area contributed by atoms with Crippen LogP contribution in [-0.2, 0) is 20.1 Å². The predicted octanol–water partition coefficient (Wildman–Crippen LogP) is 1.60. The molecule has 0 radical (unpaired) electrons. The Morgan fingerprint density at radius 1 is 1.47 bits per heavy atom. The van der Waals surface area contributed by atoms with Gasteiger partial charge in [0.05, 0.1) is 6.20 Å². The van der Waals surface area contributed by atoms with E-state index in [9.17, 15) is 0 Å². The fourth-order valence-electron chi connectivity index (χ4n) is 2.60. The highest BCUT2D eigenvalue weighted by molar-refractivity contribution is 5.40. The Morgan fingerprint density at radius 2 is 2.37 bits per heavy atom. The summed E-state index contributed by atoms with van der Waals surface area (Å²) in [6.07, 6.45) is 4.15. The Balaban J connectivity index is 1.69. The third-order valence-corrected chi connectivity index (χ3v) is 3.58. The maximum Gasteiger partial charge on any atom is 0.134 e. The number of hydrogen-bond donors (Lipinski definition) is 1. The van der Waals surface area contributed by atoms with E-state index in [0.717, 1.165) is 17.9 Å². The highest BCUT2D eigenvalue weighted by Crippen LogP contribution is 2.33. The number of nitrogens with one attached hydrogen (secondary N) is 1. The van der Waals surface area contributed by atoms with Gasteiger partial charge in [-0.3, -0.25) is 4.68 Å². The first kappa shape index (κ1) is 12.2. The first-order valence-corrected chi connectivity index (χ1v) is 6.54. The zero-order chi connectivity index (χ0) is 13.2. The van der Waals surface area contributed by atoms with Gasteiger partial charge in [0.2, 0.25) is 0 Å². The van der Waals surface area contributed by atoms with Crippen molar-refractivity contribution in [3.8, 4) is 5.75 Å². The Kier molecular flexibility index (Phi) is 3.21. The molecule has 0 aliphatic heterocycles. The molecule has 2 aromatic rings. The number of fused-ring (bicyclic) bond motifs is 1. The van der Waals surface area contributed by atoms with Crippen molar-refractivity contribution in [3.05, 3.63) is 41.2 Å². The van der Waals surface area contributed by atoms with Crippen LogP contribution in [0.15, 0.2) is 24.4 Å². The largest absolute Gasteiger partial charge is 0.487 e. The summed E-state index contributed by atoms with van der Waals surface area (Å²) in [6.45, 7) is 0.460. The fourth-order valence-corrected chi connectivity index (χ4v) is 2.60. The molecule has 1 atom stereocenters. The van der Waals surface area contributed by atoms with Gasteiger partial charge in [-0.15, -0.1) is 5.10 Å². The first-order valence-electron chi connectivity index (χ1n) is 6.54. The van der Waals surface area contributed by atoms with Gasteiger partial charge in [-0.25, -0.2) is 0 Å². The van der Waals surface area contributed by atoms with E-state index in [4.69, 9.17) is 4.74 Å². The standard InChI is InChI=1S/C14H18N4O/c1-15-14-6-3-10-7-12(4-5-13(10)14)19-9-11-8-18(2)17-16-11/h4-5,7-8,14-15H,3,6,9H2,1-2H3. The molecule has 1 aromatic carbocycles. The summed E-state index contributed by atoms with van der Waals surface area (Å²) in [5, 5.41) is 11.2. The number of nitrogens with zero attached hydrogens (tertiary/aromatic N) is 3. The van der Waals surface area contributed by atoms with Crippen molar-refractivity contribution >= 4 is 0 Å². The van der Waals surface area contributed by atoms with E-state index in [1.54, 1.807) is 4.68 Å². The second-order valence-electron chi connectivity index (χ2n) is 4.91. The minimum Gasteiger partial charge on any atom is -0.487 e. The Hall–Kier alpha value is -1.88. The molecular weight excluding hydrogens is 240 g/mol. The maximum atomic E-state index is 5.76. The van der Waals surface area contributed by atoms with Gasteiger partial charge >= 0.3 is 0 Å². The second-order valence-corrected chi connectivity index (χ2v) is 4.91. The minimum atomic E-state index is 0.460. The summed E-state index contributed by atoms with van der Waals surface area (Å²) in [4.78, 5) is 0. The van der Waals surface area contributed by atoms with E-state index in [-0.39, 0.29) is 0 Å². The van der Waals surface area contributed by atoms with Crippen molar-refractivity contribution in [2.24, 2.45) is 7.05 Å². The average Bonchev–Trinajstić information content (AvgIpc) is 3.01. The lowest BCUT2D eigenvalue weighted by molar-refractivity contribution is 0.301. The molecule has 1 aliphatic rings. The molecule has 5 heteroatoms. The van der Waals surface area contributed by atoms with E-state index in [2.05, 4.69) is 27.8 Å². The molecule has 1 aliphatic carbocycles. The van der Waals surface area contributed by atoms with Crippen molar-refractivity contribution in [3.63, 3.8) is 0 Å². The van der Waals surface area contributed by atoms with Crippen LogP contribution in [0.1, 0.15) is 29.3 Å². The maximum absolute atomic E-state index is 5.76. The van der Waals surface area contributed by atoms with Crippen LogP contribution >= 0.6 is 0 Å². The number of ether oxygens (including phenoxy) is 1. The molecule has 1 N–H and O–H groups in total. The van der Waals surface area contributed by atoms with E-state index in [1.165, 1.54) is 17.5 Å². The molecule has 5 nitrogen and oxygen atoms in total. The molecule has 1 unspecified atom stereocenters. The van der Waals surface area contributed by atoms with E-state index in [0.29, 0.717) is 12.6 Å². The molecule has 0 bridgehead atoms. The zero-order valence-electron chi connectivity index (χ0n) is 11.3. The molecule has 0 fully saturated rings. The smallest absolute Gasteiger partial charge is 0.134 e. The summed E-state index contributed by atoms with van der Waals surface area (Å²) < 4.78 is 7.44. The fraction of sp³-hybridized carbons (Fsp3) is 0.429. The molecule has 0 saturated heterocycles. The first-order chi connectivity index (χ1) is 9.26. The van der Waals surface area contributed by atoms with Crippen LogP contribution in [0, 0.1) is 0 Å². The lowest BCUT2D eigenvalue weighted by Gasteiger charge is -2.11. The van der Waals surface area contributed by atoms with Crippen molar-refractivity contribution < 1.29 is 4.74 Å². The molecule has 100 valence electrons. The van der Waals surface area contributed by atoms with E-state index < -0.39 is 0 Å². The van der Waals surface area contributed by atoms with Gasteiger partial charge in [0.15, 0.2) is 0 Å². The summed E-state index contributed by atoms with van der Waals surface area (Å²) in [6, 6.07) is 6.83. The lowest BCUT2D eigenvalue weighted by Crippen LogP contribution is -2.12. The molecular formula is C14H18N4O. The lowest BCUT2D eigenvalue weighted by atomic mass is 10.1. The summed E-state index contributed by atoms with van der Waals surface area (Å²) in [7, 11) is 3.86. The quantitative estimate of drug-likeness (QED) is 0.905. The third-order valence-electron chi connectivity index (χ3n) is 3.58. The minimum absolute atomic E-state index is 0.460. The second kappa shape index (κ2) is 5.01. The normalized spacial score (nSPS) is 17.5. The average molecular weight is 258 g/mol. The topological polar surface area (TPSA) is 52.0 Å². The van der Waals surface area contributed by atoms with Crippen molar-refractivity contribution in [2.45, 2.75) is 25.5 Å². The van der Waals surface area contributed by atoms with Crippen LogP contribution < -0.4 is 10.1 Å². The molecule has 0 saturated carbocycles. The van der Waals surface area contributed by atoms with Gasteiger partial charge < -0.3 is 10.1 Å². The number of benzene rings is 1. The van der Waals surface area contributed by atoms with Crippen LogP contribution in [0.3, 0.4) is 0 Å². The monoisotopic (exact) mass is 258 g/mol. The van der Waals surface area contributed by atoms with Gasteiger partial charge in [0.1, 0.15) is 18.1 Å². The summed E-state index contributed by atoms with van der Waals surface area (Å²) in [5.41, 5.74) is 3.63. The van der Waals surface area contributed by atoms with Crippen LogP contribution in [0.4, 0.5) is 0 Å². The van der Waals surface area contributed by atoms with E-state index >= 15 is 0 Å². The van der Waals surface area contributed by atoms with Crippen molar-refractivity contribution in [1.29, 1.82) is 0 Å². The van der Waals surface area contributed by atoms with Gasteiger partial charge in [0.25, 0.3) is 0 Å². The number of rotatable bonds is 4. The molecule has 0 spiro atoms. The molecule has 0 amide bonds. The van der Waals surface area contributed by atoms with E-state index in [1.807, 2.05) is 26.4 Å². The number of aromatic nitrogens is 3.